The Kier molecular flexibility index (Phi) is 7.66. The van der Waals surface area contributed by atoms with E-state index in [2.05, 4.69) is 10.6 Å². The summed E-state index contributed by atoms with van der Waals surface area (Å²) in [4.78, 5) is 27.6. The molecule has 1 atom stereocenters. The topological polar surface area (TPSA) is 61.4 Å². The van der Waals surface area contributed by atoms with Crippen LogP contribution in [0.15, 0.2) is 36.4 Å². The fourth-order valence-corrected chi connectivity index (χ4v) is 3.72. The van der Waals surface area contributed by atoms with E-state index in [9.17, 15) is 35.9 Å². The molecule has 2 aromatic rings. The zero-order valence-corrected chi connectivity index (χ0v) is 19.1. The van der Waals surface area contributed by atoms with Crippen LogP contribution in [-0.2, 0) is 12.4 Å². The molecule has 0 spiro atoms. The minimum absolute atomic E-state index is 0.0427. The summed E-state index contributed by atoms with van der Waals surface area (Å²) >= 11 is 0. The maximum atomic E-state index is 13.1. The minimum atomic E-state index is -5.07. The Labute approximate surface area is 198 Å². The quantitative estimate of drug-likeness (QED) is 0.470. The molecule has 11 heteroatoms. The van der Waals surface area contributed by atoms with Crippen molar-refractivity contribution < 1.29 is 35.9 Å². The van der Waals surface area contributed by atoms with Gasteiger partial charge in [0.05, 0.1) is 16.7 Å². The van der Waals surface area contributed by atoms with Crippen LogP contribution in [0, 0.1) is 0 Å². The van der Waals surface area contributed by atoms with Gasteiger partial charge in [-0.15, -0.1) is 0 Å². The van der Waals surface area contributed by atoms with Gasteiger partial charge in [-0.1, -0.05) is 6.92 Å². The average Bonchev–Trinajstić information content (AvgIpc) is 3.32. The molecule has 1 aliphatic rings. The van der Waals surface area contributed by atoms with Crippen molar-refractivity contribution in [1.29, 1.82) is 0 Å². The van der Waals surface area contributed by atoms with Gasteiger partial charge in [0.2, 0.25) is 0 Å². The summed E-state index contributed by atoms with van der Waals surface area (Å²) in [6.07, 6.45) is -7.58. The number of rotatable bonds is 6. The fraction of sp³-hybridized carbons (Fsp3) is 0.417. The largest absolute Gasteiger partial charge is 0.416 e. The van der Waals surface area contributed by atoms with Gasteiger partial charge in [-0.3, -0.25) is 9.59 Å². The molecule has 2 amide bonds. The second-order valence-electron chi connectivity index (χ2n) is 8.46. The summed E-state index contributed by atoms with van der Waals surface area (Å²) < 4.78 is 78.9. The van der Waals surface area contributed by atoms with Gasteiger partial charge in [-0.05, 0) is 62.6 Å². The van der Waals surface area contributed by atoms with E-state index in [1.54, 1.807) is 6.07 Å². The van der Waals surface area contributed by atoms with Crippen molar-refractivity contribution in [3.63, 3.8) is 0 Å². The number of carbonyl (C=O) groups excluding carboxylic acids is 2. The van der Waals surface area contributed by atoms with E-state index in [0.717, 1.165) is 25.9 Å². The van der Waals surface area contributed by atoms with Crippen LogP contribution >= 0.6 is 0 Å². The molecule has 1 unspecified atom stereocenters. The number of anilines is 2. The Morgan fingerprint density at radius 3 is 2.00 bits per heavy atom. The lowest BCUT2D eigenvalue weighted by Crippen LogP contribution is -2.33. The molecule has 1 fully saturated rings. The number of nitrogens with one attached hydrogen (secondary N) is 2. The van der Waals surface area contributed by atoms with Gasteiger partial charge >= 0.3 is 12.4 Å². The highest BCUT2D eigenvalue weighted by Crippen LogP contribution is 2.36. The van der Waals surface area contributed by atoms with E-state index in [1.165, 1.54) is 12.1 Å². The molecule has 190 valence electrons. The van der Waals surface area contributed by atoms with Crippen molar-refractivity contribution in [3.05, 3.63) is 58.7 Å². The maximum Gasteiger partial charge on any atom is 0.416 e. The molecule has 35 heavy (non-hydrogen) atoms. The molecule has 0 saturated carbocycles. The highest BCUT2D eigenvalue weighted by Gasteiger charge is 2.37. The molecule has 2 aromatic carbocycles. The Morgan fingerprint density at radius 2 is 1.49 bits per heavy atom. The van der Waals surface area contributed by atoms with Crippen molar-refractivity contribution >= 4 is 23.2 Å². The van der Waals surface area contributed by atoms with Crippen molar-refractivity contribution in [1.82, 2.24) is 5.32 Å². The van der Waals surface area contributed by atoms with Gasteiger partial charge in [-0.25, -0.2) is 0 Å². The molecular formula is C24H25F6N3O2. The predicted molar refractivity (Wildman–Crippen MR) is 120 cm³/mol. The second kappa shape index (κ2) is 10.2. The molecule has 5 nitrogen and oxygen atoms in total. The van der Waals surface area contributed by atoms with E-state index in [4.69, 9.17) is 0 Å². The summed E-state index contributed by atoms with van der Waals surface area (Å²) in [6, 6.07) is 5.00. The van der Waals surface area contributed by atoms with E-state index in [-0.39, 0.29) is 23.4 Å². The summed E-state index contributed by atoms with van der Waals surface area (Å²) in [6.45, 7) is 5.19. The third-order valence-electron chi connectivity index (χ3n) is 5.79. The number of carbonyl (C=O) groups is 2. The van der Waals surface area contributed by atoms with Crippen molar-refractivity contribution in [3.8, 4) is 0 Å². The van der Waals surface area contributed by atoms with Crippen LogP contribution in [0.25, 0.3) is 0 Å². The number of amides is 2. The first-order chi connectivity index (χ1) is 16.3. The number of nitrogens with zero attached hydrogens (tertiary/aromatic N) is 1. The Balaban J connectivity index is 1.95. The normalized spacial score (nSPS) is 15.1. The molecule has 2 N–H and O–H groups in total. The van der Waals surface area contributed by atoms with Crippen LogP contribution in [0.1, 0.15) is 65.0 Å². The Hall–Kier alpha value is -3.24. The number of halogens is 6. The Morgan fingerprint density at radius 1 is 0.914 bits per heavy atom. The number of benzene rings is 2. The van der Waals surface area contributed by atoms with Crippen LogP contribution in [-0.4, -0.2) is 30.9 Å². The molecule has 1 heterocycles. The average molecular weight is 501 g/mol. The third kappa shape index (κ3) is 6.46. The zero-order chi connectivity index (χ0) is 26.0. The molecule has 3 rings (SSSR count). The van der Waals surface area contributed by atoms with Gasteiger partial charge in [-0.2, -0.15) is 26.3 Å². The summed E-state index contributed by atoms with van der Waals surface area (Å²) in [7, 11) is 0. The highest BCUT2D eigenvalue weighted by molar-refractivity contribution is 6.06. The summed E-state index contributed by atoms with van der Waals surface area (Å²) in [5, 5.41) is 5.17. The lowest BCUT2D eigenvalue weighted by atomic mass is 10.0. The SMILES string of the molecule is CCC(C)NC(=O)c1cc(NC(=O)c2cc(C(F)(F)F)cc(C(F)(F)F)c2)ccc1N1CCCC1. The van der Waals surface area contributed by atoms with Gasteiger partial charge in [0.25, 0.3) is 11.8 Å². The molecule has 0 aliphatic carbocycles. The molecule has 0 aromatic heterocycles. The van der Waals surface area contributed by atoms with E-state index < -0.39 is 40.9 Å². The minimum Gasteiger partial charge on any atom is -0.371 e. The predicted octanol–water partition coefficient (Wildman–Crippen LogP) is 6.11. The zero-order valence-electron chi connectivity index (χ0n) is 19.1. The number of hydrogen-bond donors (Lipinski definition) is 2. The van der Waals surface area contributed by atoms with E-state index >= 15 is 0 Å². The summed E-state index contributed by atoms with van der Waals surface area (Å²) in [5.74, 6) is -1.56. The fourth-order valence-electron chi connectivity index (χ4n) is 3.72. The molecule has 0 radical (unpaired) electrons. The van der Waals surface area contributed by atoms with Gasteiger partial charge in [0, 0.05) is 36.1 Å². The summed E-state index contributed by atoms with van der Waals surface area (Å²) in [5.41, 5.74) is -3.02. The number of alkyl halides is 6. The maximum absolute atomic E-state index is 13.1. The van der Waals surface area contributed by atoms with Crippen LogP contribution in [0.4, 0.5) is 37.7 Å². The van der Waals surface area contributed by atoms with E-state index in [1.807, 2.05) is 18.7 Å². The van der Waals surface area contributed by atoms with Crippen LogP contribution in [0.5, 0.6) is 0 Å². The van der Waals surface area contributed by atoms with Crippen LogP contribution < -0.4 is 15.5 Å². The van der Waals surface area contributed by atoms with Crippen LogP contribution in [0.2, 0.25) is 0 Å². The second-order valence-corrected chi connectivity index (χ2v) is 8.46. The van der Waals surface area contributed by atoms with Gasteiger partial charge in [0.1, 0.15) is 0 Å². The smallest absolute Gasteiger partial charge is 0.371 e. The first kappa shape index (κ1) is 26.4. The van der Waals surface area contributed by atoms with Crippen molar-refractivity contribution in [2.75, 3.05) is 23.3 Å². The third-order valence-corrected chi connectivity index (χ3v) is 5.79. The lowest BCUT2D eigenvalue weighted by molar-refractivity contribution is -0.143. The number of hydrogen-bond acceptors (Lipinski definition) is 3. The molecular weight excluding hydrogens is 476 g/mol. The standard InChI is InChI=1S/C24H25F6N3O2/c1-3-14(2)31-22(35)19-13-18(6-7-20(19)33-8-4-5-9-33)32-21(34)15-10-16(23(25,26)27)12-17(11-15)24(28,29)30/h6-7,10-14H,3-5,8-9H2,1-2H3,(H,31,35)(H,32,34). The monoisotopic (exact) mass is 501 g/mol. The van der Waals surface area contributed by atoms with E-state index in [0.29, 0.717) is 24.2 Å². The van der Waals surface area contributed by atoms with Crippen molar-refractivity contribution in [2.45, 2.75) is 51.5 Å². The lowest BCUT2D eigenvalue weighted by Gasteiger charge is -2.23. The molecule has 1 saturated heterocycles. The Bertz CT molecular complexity index is 1060. The van der Waals surface area contributed by atoms with Gasteiger partial charge < -0.3 is 15.5 Å². The molecule has 0 bridgehead atoms. The first-order valence-corrected chi connectivity index (χ1v) is 11.1. The molecule has 1 aliphatic heterocycles. The van der Waals surface area contributed by atoms with Gasteiger partial charge in [0.15, 0.2) is 0 Å². The highest BCUT2D eigenvalue weighted by atomic mass is 19.4. The van der Waals surface area contributed by atoms with Crippen LogP contribution in [0.3, 0.4) is 0 Å². The first-order valence-electron chi connectivity index (χ1n) is 11.1. The van der Waals surface area contributed by atoms with Crippen molar-refractivity contribution in [2.24, 2.45) is 0 Å².